The van der Waals surface area contributed by atoms with Crippen LogP contribution >= 0.6 is 0 Å². The van der Waals surface area contributed by atoms with Crippen molar-refractivity contribution < 1.29 is 4.74 Å². The monoisotopic (exact) mass is 233 g/mol. The average molecular weight is 233 g/mol. The molecule has 0 aliphatic heterocycles. The van der Waals surface area contributed by atoms with Gasteiger partial charge in [-0.2, -0.15) is 0 Å². The smallest absolute Gasteiger partial charge is 0.123 e. The van der Waals surface area contributed by atoms with Crippen molar-refractivity contribution in [2.75, 3.05) is 14.2 Å². The van der Waals surface area contributed by atoms with E-state index in [-0.39, 0.29) is 0 Å². The van der Waals surface area contributed by atoms with Crippen LogP contribution in [0.1, 0.15) is 43.7 Å². The minimum atomic E-state index is 0.437. The number of methoxy groups -OCH3 is 1. The standard InChI is InChI=1S/C15H23NO/c1-16-15(12-8-4-3-5-9-12)13-10-6-7-11-14(13)17-2/h6-7,10-12,15-16H,3-5,8-9H2,1-2H3. The fourth-order valence-corrected chi connectivity index (χ4v) is 3.04. The normalized spacial score (nSPS) is 18.9. The quantitative estimate of drug-likeness (QED) is 0.859. The van der Waals surface area contributed by atoms with Crippen LogP contribution in [0.25, 0.3) is 0 Å². The van der Waals surface area contributed by atoms with E-state index in [0.717, 1.165) is 11.7 Å². The SMILES string of the molecule is CNC(c1ccccc1OC)C1CCCCC1. The molecule has 0 spiro atoms. The van der Waals surface area contributed by atoms with E-state index in [1.807, 2.05) is 6.07 Å². The number of hydrogen-bond acceptors (Lipinski definition) is 2. The molecule has 0 heterocycles. The van der Waals surface area contributed by atoms with Crippen molar-refractivity contribution in [3.05, 3.63) is 29.8 Å². The maximum Gasteiger partial charge on any atom is 0.123 e. The van der Waals surface area contributed by atoms with E-state index >= 15 is 0 Å². The highest BCUT2D eigenvalue weighted by atomic mass is 16.5. The Labute approximate surface area is 104 Å². The van der Waals surface area contributed by atoms with Gasteiger partial charge in [-0.3, -0.25) is 0 Å². The molecule has 1 fully saturated rings. The van der Waals surface area contributed by atoms with Crippen LogP contribution < -0.4 is 10.1 Å². The van der Waals surface area contributed by atoms with Gasteiger partial charge in [0.1, 0.15) is 5.75 Å². The largest absolute Gasteiger partial charge is 0.496 e. The first-order valence-electron chi connectivity index (χ1n) is 6.67. The number of nitrogens with one attached hydrogen (secondary N) is 1. The molecule has 1 N–H and O–H groups in total. The van der Waals surface area contributed by atoms with Gasteiger partial charge in [-0.15, -0.1) is 0 Å². The molecule has 0 bridgehead atoms. The predicted molar refractivity (Wildman–Crippen MR) is 71.4 cm³/mol. The predicted octanol–water partition coefficient (Wildman–Crippen LogP) is 3.54. The first-order valence-corrected chi connectivity index (χ1v) is 6.67. The molecule has 1 aromatic carbocycles. The summed E-state index contributed by atoms with van der Waals surface area (Å²) >= 11 is 0. The third-order valence-corrected chi connectivity index (χ3v) is 3.91. The fraction of sp³-hybridized carbons (Fsp3) is 0.600. The van der Waals surface area contributed by atoms with Crippen molar-refractivity contribution in [1.29, 1.82) is 0 Å². The van der Waals surface area contributed by atoms with Gasteiger partial charge in [0.25, 0.3) is 0 Å². The summed E-state index contributed by atoms with van der Waals surface area (Å²) in [5, 5.41) is 3.48. The number of rotatable bonds is 4. The zero-order valence-corrected chi connectivity index (χ0v) is 10.9. The zero-order chi connectivity index (χ0) is 12.1. The summed E-state index contributed by atoms with van der Waals surface area (Å²) in [6.45, 7) is 0. The molecule has 1 aliphatic rings. The van der Waals surface area contributed by atoms with Gasteiger partial charge in [-0.25, -0.2) is 0 Å². The van der Waals surface area contributed by atoms with Crippen molar-refractivity contribution >= 4 is 0 Å². The molecular formula is C15H23NO. The number of hydrogen-bond donors (Lipinski definition) is 1. The average Bonchev–Trinajstić information content (AvgIpc) is 2.41. The zero-order valence-electron chi connectivity index (χ0n) is 10.9. The summed E-state index contributed by atoms with van der Waals surface area (Å²) in [5.41, 5.74) is 1.31. The Bertz CT molecular complexity index is 345. The van der Waals surface area contributed by atoms with Gasteiger partial charge in [0.15, 0.2) is 0 Å². The Morgan fingerprint density at radius 3 is 2.53 bits per heavy atom. The summed E-state index contributed by atoms with van der Waals surface area (Å²) < 4.78 is 5.48. The number of ether oxygens (including phenoxy) is 1. The molecule has 0 saturated heterocycles. The van der Waals surface area contributed by atoms with Gasteiger partial charge in [0.05, 0.1) is 7.11 Å². The molecule has 0 aromatic heterocycles. The lowest BCUT2D eigenvalue weighted by atomic mass is 9.81. The molecule has 1 aliphatic carbocycles. The van der Waals surface area contributed by atoms with Gasteiger partial charge < -0.3 is 10.1 Å². The van der Waals surface area contributed by atoms with Crippen molar-refractivity contribution in [3.63, 3.8) is 0 Å². The topological polar surface area (TPSA) is 21.3 Å². The minimum absolute atomic E-state index is 0.437. The Morgan fingerprint density at radius 2 is 1.88 bits per heavy atom. The molecule has 1 saturated carbocycles. The lowest BCUT2D eigenvalue weighted by Crippen LogP contribution is -2.27. The Balaban J connectivity index is 2.21. The molecule has 0 amide bonds. The number of benzene rings is 1. The summed E-state index contributed by atoms with van der Waals surface area (Å²) in [5.74, 6) is 1.77. The maximum absolute atomic E-state index is 5.48. The van der Waals surface area contributed by atoms with E-state index in [4.69, 9.17) is 4.74 Å². The van der Waals surface area contributed by atoms with E-state index in [0.29, 0.717) is 6.04 Å². The van der Waals surface area contributed by atoms with Gasteiger partial charge in [-0.05, 0) is 31.9 Å². The molecule has 94 valence electrons. The van der Waals surface area contributed by atoms with Crippen LogP contribution in [-0.4, -0.2) is 14.2 Å². The van der Waals surface area contributed by atoms with Crippen molar-refractivity contribution in [3.8, 4) is 5.75 Å². The lowest BCUT2D eigenvalue weighted by molar-refractivity contribution is 0.275. The molecule has 17 heavy (non-hydrogen) atoms. The van der Waals surface area contributed by atoms with E-state index in [1.165, 1.54) is 37.7 Å². The van der Waals surface area contributed by atoms with E-state index in [1.54, 1.807) is 7.11 Å². The molecule has 1 aromatic rings. The van der Waals surface area contributed by atoms with E-state index in [9.17, 15) is 0 Å². The summed E-state index contributed by atoms with van der Waals surface area (Å²) in [4.78, 5) is 0. The molecule has 0 radical (unpaired) electrons. The van der Waals surface area contributed by atoms with Crippen LogP contribution in [0.15, 0.2) is 24.3 Å². The van der Waals surface area contributed by atoms with E-state index in [2.05, 4.69) is 30.6 Å². The number of para-hydroxylation sites is 1. The molecular weight excluding hydrogens is 210 g/mol. The summed E-state index contributed by atoms with van der Waals surface area (Å²) in [7, 11) is 3.82. The molecule has 2 nitrogen and oxygen atoms in total. The van der Waals surface area contributed by atoms with Gasteiger partial charge >= 0.3 is 0 Å². The Kier molecular flexibility index (Phi) is 4.43. The first-order chi connectivity index (χ1) is 8.36. The van der Waals surface area contributed by atoms with Crippen molar-refractivity contribution in [1.82, 2.24) is 5.32 Å². The van der Waals surface area contributed by atoms with Crippen molar-refractivity contribution in [2.45, 2.75) is 38.1 Å². The maximum atomic E-state index is 5.48. The van der Waals surface area contributed by atoms with Crippen LogP contribution in [0, 0.1) is 5.92 Å². The van der Waals surface area contributed by atoms with Gasteiger partial charge in [0.2, 0.25) is 0 Å². The third-order valence-electron chi connectivity index (χ3n) is 3.91. The second-order valence-corrected chi connectivity index (χ2v) is 4.91. The molecule has 1 atom stereocenters. The lowest BCUT2D eigenvalue weighted by Gasteiger charge is -2.31. The summed E-state index contributed by atoms with van der Waals surface area (Å²) in [6.07, 6.45) is 6.82. The first kappa shape index (κ1) is 12.4. The molecule has 2 heteroatoms. The van der Waals surface area contributed by atoms with Crippen LogP contribution in [-0.2, 0) is 0 Å². The van der Waals surface area contributed by atoms with Crippen LogP contribution in [0.5, 0.6) is 5.75 Å². The van der Waals surface area contributed by atoms with Crippen LogP contribution in [0.3, 0.4) is 0 Å². The Morgan fingerprint density at radius 1 is 1.18 bits per heavy atom. The van der Waals surface area contributed by atoms with Crippen LogP contribution in [0.4, 0.5) is 0 Å². The Hall–Kier alpha value is -1.02. The minimum Gasteiger partial charge on any atom is -0.496 e. The van der Waals surface area contributed by atoms with Gasteiger partial charge in [-0.1, -0.05) is 37.5 Å². The third kappa shape index (κ3) is 2.81. The van der Waals surface area contributed by atoms with Crippen LogP contribution in [0.2, 0.25) is 0 Å². The second-order valence-electron chi connectivity index (χ2n) is 4.91. The summed E-state index contributed by atoms with van der Waals surface area (Å²) in [6, 6.07) is 8.82. The highest BCUT2D eigenvalue weighted by molar-refractivity contribution is 5.36. The van der Waals surface area contributed by atoms with Gasteiger partial charge in [0, 0.05) is 11.6 Å². The van der Waals surface area contributed by atoms with Crippen molar-refractivity contribution in [2.24, 2.45) is 5.92 Å². The second kappa shape index (κ2) is 6.06. The molecule has 1 unspecified atom stereocenters. The van der Waals surface area contributed by atoms with E-state index < -0.39 is 0 Å². The highest BCUT2D eigenvalue weighted by Crippen LogP contribution is 2.37. The fourth-order valence-electron chi connectivity index (χ4n) is 3.04. The molecule has 2 rings (SSSR count). The highest BCUT2D eigenvalue weighted by Gasteiger charge is 2.25.